The van der Waals surface area contributed by atoms with Gasteiger partial charge in [0.1, 0.15) is 5.75 Å². The van der Waals surface area contributed by atoms with Gasteiger partial charge in [-0.2, -0.15) is 5.10 Å². The summed E-state index contributed by atoms with van der Waals surface area (Å²) in [5.41, 5.74) is 4.21. The van der Waals surface area contributed by atoms with Gasteiger partial charge in [-0.3, -0.25) is 4.79 Å². The van der Waals surface area contributed by atoms with E-state index in [2.05, 4.69) is 31.3 Å². The zero-order chi connectivity index (χ0) is 19.9. The van der Waals surface area contributed by atoms with Crippen molar-refractivity contribution in [2.24, 2.45) is 5.10 Å². The Kier molecular flexibility index (Phi) is 6.82. The number of nitrogens with one attached hydrogen (secondary N) is 1. The van der Waals surface area contributed by atoms with Crippen molar-refractivity contribution in [3.8, 4) is 17.2 Å². The molecule has 0 saturated carbocycles. The molecule has 1 amide bonds. The van der Waals surface area contributed by atoms with Gasteiger partial charge in [-0.05, 0) is 40.8 Å². The predicted molar refractivity (Wildman–Crippen MR) is 106 cm³/mol. The normalized spacial score (nSPS) is 11.3. The molecule has 2 aromatic carbocycles. The second-order valence-corrected chi connectivity index (χ2v) is 6.94. The molecule has 0 aromatic heterocycles. The summed E-state index contributed by atoms with van der Waals surface area (Å²) >= 11 is 0. The van der Waals surface area contributed by atoms with Crippen LogP contribution in [0.5, 0.6) is 17.2 Å². The molecule has 0 aliphatic rings. The SMILES string of the molecule is COc1ccc(/C=N/NC(=O)COc2ccccc2C(C)(C)C)cc1OC. The molecule has 144 valence electrons. The summed E-state index contributed by atoms with van der Waals surface area (Å²) < 4.78 is 16.1. The second kappa shape index (κ2) is 9.07. The molecule has 0 heterocycles. The molecule has 0 fully saturated rings. The smallest absolute Gasteiger partial charge is 0.277 e. The average molecular weight is 370 g/mol. The van der Waals surface area contributed by atoms with Crippen molar-refractivity contribution < 1.29 is 19.0 Å². The number of carbonyl (C=O) groups excluding carboxylic acids is 1. The molecule has 0 atom stereocenters. The van der Waals surface area contributed by atoms with Gasteiger partial charge in [0.15, 0.2) is 18.1 Å². The number of methoxy groups -OCH3 is 2. The Hall–Kier alpha value is -3.02. The third kappa shape index (κ3) is 5.74. The highest BCUT2D eigenvalue weighted by Crippen LogP contribution is 2.30. The molecule has 1 N–H and O–H groups in total. The molecular weight excluding hydrogens is 344 g/mol. The van der Waals surface area contributed by atoms with Gasteiger partial charge in [0.05, 0.1) is 20.4 Å². The van der Waals surface area contributed by atoms with E-state index in [1.807, 2.05) is 30.3 Å². The number of hydrazone groups is 1. The van der Waals surface area contributed by atoms with Crippen molar-refractivity contribution in [1.82, 2.24) is 5.43 Å². The molecule has 0 aliphatic heterocycles. The molecule has 0 saturated heterocycles. The van der Waals surface area contributed by atoms with Crippen molar-refractivity contribution >= 4 is 12.1 Å². The molecular formula is C21H26N2O4. The van der Waals surface area contributed by atoms with Gasteiger partial charge in [0.25, 0.3) is 5.91 Å². The molecule has 2 rings (SSSR count). The van der Waals surface area contributed by atoms with Gasteiger partial charge in [-0.1, -0.05) is 39.0 Å². The highest BCUT2D eigenvalue weighted by molar-refractivity contribution is 5.83. The summed E-state index contributed by atoms with van der Waals surface area (Å²) in [6.07, 6.45) is 1.53. The Bertz CT molecular complexity index is 810. The van der Waals surface area contributed by atoms with Crippen molar-refractivity contribution in [1.29, 1.82) is 0 Å². The van der Waals surface area contributed by atoms with E-state index < -0.39 is 0 Å². The second-order valence-electron chi connectivity index (χ2n) is 6.94. The van der Waals surface area contributed by atoms with E-state index in [4.69, 9.17) is 14.2 Å². The van der Waals surface area contributed by atoms with Crippen molar-refractivity contribution in [2.75, 3.05) is 20.8 Å². The first-order valence-electron chi connectivity index (χ1n) is 8.61. The predicted octanol–water partition coefficient (Wildman–Crippen LogP) is 3.53. The van der Waals surface area contributed by atoms with Crippen LogP contribution in [0.25, 0.3) is 0 Å². The maximum Gasteiger partial charge on any atom is 0.277 e. The van der Waals surface area contributed by atoms with Crippen molar-refractivity contribution in [2.45, 2.75) is 26.2 Å². The summed E-state index contributed by atoms with van der Waals surface area (Å²) in [5.74, 6) is 1.58. The number of rotatable bonds is 7. The number of benzene rings is 2. The molecule has 0 aliphatic carbocycles. The van der Waals surface area contributed by atoms with Crippen LogP contribution in [0.1, 0.15) is 31.9 Å². The van der Waals surface area contributed by atoms with Crippen LogP contribution in [0, 0.1) is 0 Å². The minimum absolute atomic E-state index is 0.0708. The number of para-hydroxylation sites is 1. The Labute approximate surface area is 160 Å². The fourth-order valence-electron chi connectivity index (χ4n) is 2.50. The van der Waals surface area contributed by atoms with E-state index in [0.717, 1.165) is 11.1 Å². The van der Waals surface area contributed by atoms with Gasteiger partial charge >= 0.3 is 0 Å². The highest BCUT2D eigenvalue weighted by atomic mass is 16.5. The Morgan fingerprint density at radius 1 is 1.04 bits per heavy atom. The van der Waals surface area contributed by atoms with Crippen molar-refractivity contribution in [3.05, 3.63) is 53.6 Å². The number of hydrogen-bond acceptors (Lipinski definition) is 5. The molecule has 0 unspecified atom stereocenters. The lowest BCUT2D eigenvalue weighted by Crippen LogP contribution is -2.25. The quantitative estimate of drug-likeness (QED) is 0.598. The maximum atomic E-state index is 12.0. The van der Waals surface area contributed by atoms with E-state index in [0.29, 0.717) is 17.2 Å². The third-order valence-corrected chi connectivity index (χ3v) is 3.86. The lowest BCUT2D eigenvalue weighted by atomic mass is 9.86. The van der Waals surface area contributed by atoms with E-state index in [1.165, 1.54) is 6.21 Å². The summed E-state index contributed by atoms with van der Waals surface area (Å²) in [6.45, 7) is 6.18. The average Bonchev–Trinajstić information content (AvgIpc) is 2.65. The first-order valence-corrected chi connectivity index (χ1v) is 8.61. The number of hydrogen-bond donors (Lipinski definition) is 1. The van der Waals surface area contributed by atoms with Crippen LogP contribution < -0.4 is 19.6 Å². The van der Waals surface area contributed by atoms with Crippen LogP contribution in [0.2, 0.25) is 0 Å². The molecule has 27 heavy (non-hydrogen) atoms. The van der Waals surface area contributed by atoms with E-state index in [1.54, 1.807) is 26.4 Å². The van der Waals surface area contributed by atoms with Crippen molar-refractivity contribution in [3.63, 3.8) is 0 Å². The summed E-state index contributed by atoms with van der Waals surface area (Å²) in [4.78, 5) is 12.0. The minimum Gasteiger partial charge on any atom is -0.493 e. The van der Waals surface area contributed by atoms with Gasteiger partial charge in [0.2, 0.25) is 0 Å². The monoisotopic (exact) mass is 370 g/mol. The van der Waals surface area contributed by atoms with E-state index >= 15 is 0 Å². The van der Waals surface area contributed by atoms with Gasteiger partial charge in [-0.15, -0.1) is 0 Å². The van der Waals surface area contributed by atoms with E-state index in [-0.39, 0.29) is 17.9 Å². The minimum atomic E-state index is -0.338. The fraction of sp³-hybridized carbons (Fsp3) is 0.333. The van der Waals surface area contributed by atoms with Gasteiger partial charge in [-0.25, -0.2) is 5.43 Å². The highest BCUT2D eigenvalue weighted by Gasteiger charge is 2.18. The lowest BCUT2D eigenvalue weighted by molar-refractivity contribution is -0.123. The van der Waals surface area contributed by atoms with Crippen LogP contribution in [-0.2, 0) is 10.2 Å². The molecule has 0 spiro atoms. The standard InChI is InChI=1S/C21H26N2O4/c1-21(2,3)16-8-6-7-9-17(16)27-14-20(24)23-22-13-15-10-11-18(25-4)19(12-15)26-5/h6-13H,14H2,1-5H3,(H,23,24)/b22-13+. The maximum absolute atomic E-state index is 12.0. The zero-order valence-corrected chi connectivity index (χ0v) is 16.4. The van der Waals surface area contributed by atoms with Crippen LogP contribution in [0.15, 0.2) is 47.6 Å². The molecule has 6 nitrogen and oxygen atoms in total. The fourth-order valence-corrected chi connectivity index (χ4v) is 2.50. The Morgan fingerprint density at radius 2 is 1.74 bits per heavy atom. The number of nitrogens with zero attached hydrogens (tertiary/aromatic N) is 1. The molecule has 0 bridgehead atoms. The van der Waals surface area contributed by atoms with Crippen LogP contribution in [0.3, 0.4) is 0 Å². The first kappa shape index (κ1) is 20.3. The van der Waals surface area contributed by atoms with E-state index in [9.17, 15) is 4.79 Å². The molecule has 2 aromatic rings. The Morgan fingerprint density at radius 3 is 2.41 bits per heavy atom. The van der Waals surface area contributed by atoms with Crippen LogP contribution in [-0.4, -0.2) is 32.9 Å². The van der Waals surface area contributed by atoms with Crippen LogP contribution in [0.4, 0.5) is 0 Å². The molecule has 0 radical (unpaired) electrons. The summed E-state index contributed by atoms with van der Waals surface area (Å²) in [7, 11) is 3.14. The Balaban J connectivity index is 1.93. The summed E-state index contributed by atoms with van der Waals surface area (Å²) in [5, 5.41) is 3.95. The topological polar surface area (TPSA) is 69.2 Å². The largest absolute Gasteiger partial charge is 0.493 e. The third-order valence-electron chi connectivity index (χ3n) is 3.86. The zero-order valence-electron chi connectivity index (χ0n) is 16.4. The van der Waals surface area contributed by atoms with Gasteiger partial charge < -0.3 is 14.2 Å². The summed E-state index contributed by atoms with van der Waals surface area (Å²) in [6, 6.07) is 13.1. The first-order chi connectivity index (χ1) is 12.8. The number of amides is 1. The number of ether oxygens (including phenoxy) is 3. The van der Waals surface area contributed by atoms with Gasteiger partial charge in [0, 0.05) is 0 Å². The molecule has 6 heteroatoms. The van der Waals surface area contributed by atoms with Crippen LogP contribution >= 0.6 is 0 Å². The number of carbonyl (C=O) groups is 1. The lowest BCUT2D eigenvalue weighted by Gasteiger charge is -2.22.